The standard InChI is InChI=1S/C28H34N6O/c1-3-31(4-2)16-17-32-18-20-33(21-19-32)27-14-15-29-28-25(22-30-34(27)28)24-12-8-9-13-26(24)35-23-10-6-5-7-11-23/h5-15,22H,3-4,16-21H2,1-2H3. The number of anilines is 1. The van der Waals surface area contributed by atoms with Gasteiger partial charge in [0.25, 0.3) is 0 Å². The molecule has 0 radical (unpaired) electrons. The first-order valence-electron chi connectivity index (χ1n) is 12.6. The Kier molecular flexibility index (Phi) is 7.25. The van der Waals surface area contributed by atoms with Crippen molar-refractivity contribution >= 4 is 11.5 Å². The van der Waals surface area contributed by atoms with Gasteiger partial charge in [-0.1, -0.05) is 50.2 Å². The van der Waals surface area contributed by atoms with Crippen molar-refractivity contribution in [2.45, 2.75) is 13.8 Å². The Labute approximate surface area is 207 Å². The van der Waals surface area contributed by atoms with Crippen LogP contribution in [0.3, 0.4) is 0 Å². The zero-order chi connectivity index (χ0) is 24.0. The van der Waals surface area contributed by atoms with Crippen molar-refractivity contribution in [2.24, 2.45) is 0 Å². The minimum absolute atomic E-state index is 0.794. The lowest BCUT2D eigenvalue weighted by molar-refractivity contribution is 0.205. The number of likely N-dealkylation sites (N-methyl/N-ethyl adjacent to an activating group) is 1. The Balaban J connectivity index is 1.35. The van der Waals surface area contributed by atoms with Gasteiger partial charge in [0, 0.05) is 51.0 Å². The fourth-order valence-corrected chi connectivity index (χ4v) is 4.73. The second-order valence-corrected chi connectivity index (χ2v) is 8.86. The molecule has 1 fully saturated rings. The number of fused-ring (bicyclic) bond motifs is 1. The maximum atomic E-state index is 6.21. The molecule has 2 aromatic carbocycles. The molecule has 0 amide bonds. The molecule has 4 aromatic rings. The minimum Gasteiger partial charge on any atom is -0.457 e. The predicted molar refractivity (Wildman–Crippen MR) is 141 cm³/mol. The van der Waals surface area contributed by atoms with E-state index < -0.39 is 0 Å². The van der Waals surface area contributed by atoms with Gasteiger partial charge in [0.05, 0.1) is 11.8 Å². The van der Waals surface area contributed by atoms with Crippen LogP contribution in [0.5, 0.6) is 11.5 Å². The van der Waals surface area contributed by atoms with Crippen LogP contribution < -0.4 is 9.64 Å². The smallest absolute Gasteiger partial charge is 0.165 e. The Morgan fingerprint density at radius 3 is 2.37 bits per heavy atom. The van der Waals surface area contributed by atoms with Gasteiger partial charge in [0.15, 0.2) is 5.65 Å². The van der Waals surface area contributed by atoms with E-state index in [0.717, 1.165) is 86.4 Å². The van der Waals surface area contributed by atoms with Crippen LogP contribution >= 0.6 is 0 Å². The van der Waals surface area contributed by atoms with E-state index in [9.17, 15) is 0 Å². The third-order valence-corrected chi connectivity index (χ3v) is 6.85. The van der Waals surface area contributed by atoms with E-state index in [1.807, 2.05) is 65.4 Å². The number of piperazine rings is 1. The largest absolute Gasteiger partial charge is 0.457 e. The van der Waals surface area contributed by atoms with Crippen molar-refractivity contribution < 1.29 is 4.74 Å². The van der Waals surface area contributed by atoms with Crippen molar-refractivity contribution in [3.63, 3.8) is 0 Å². The van der Waals surface area contributed by atoms with Crippen molar-refractivity contribution in [2.75, 3.05) is 57.3 Å². The number of ether oxygens (including phenoxy) is 1. The summed E-state index contributed by atoms with van der Waals surface area (Å²) in [5.41, 5.74) is 2.80. The van der Waals surface area contributed by atoms with Gasteiger partial charge in [-0.3, -0.25) is 4.90 Å². The molecule has 3 heterocycles. The first-order valence-corrected chi connectivity index (χ1v) is 12.6. The van der Waals surface area contributed by atoms with Gasteiger partial charge >= 0.3 is 0 Å². The maximum Gasteiger partial charge on any atom is 0.165 e. The van der Waals surface area contributed by atoms with E-state index in [1.165, 1.54) is 0 Å². The lowest BCUT2D eigenvalue weighted by atomic mass is 10.1. The molecule has 35 heavy (non-hydrogen) atoms. The summed E-state index contributed by atoms with van der Waals surface area (Å²) < 4.78 is 8.18. The topological polar surface area (TPSA) is 49.1 Å². The molecule has 7 heteroatoms. The summed E-state index contributed by atoms with van der Waals surface area (Å²) in [7, 11) is 0. The van der Waals surface area contributed by atoms with E-state index in [2.05, 4.69) is 40.7 Å². The van der Waals surface area contributed by atoms with Crippen molar-refractivity contribution in [1.29, 1.82) is 0 Å². The molecule has 5 rings (SSSR count). The van der Waals surface area contributed by atoms with Crippen LogP contribution in [-0.2, 0) is 0 Å². The third kappa shape index (κ3) is 5.16. The number of hydrogen-bond donors (Lipinski definition) is 0. The molecule has 0 saturated carbocycles. The fourth-order valence-electron chi connectivity index (χ4n) is 4.73. The van der Waals surface area contributed by atoms with Crippen LogP contribution in [0.2, 0.25) is 0 Å². The predicted octanol–water partition coefficient (Wildman–Crippen LogP) is 4.65. The van der Waals surface area contributed by atoms with Crippen LogP contribution in [0.15, 0.2) is 73.1 Å². The second-order valence-electron chi connectivity index (χ2n) is 8.86. The van der Waals surface area contributed by atoms with E-state index in [1.54, 1.807) is 0 Å². The molecular formula is C28H34N6O. The average Bonchev–Trinajstić information content (AvgIpc) is 3.35. The molecule has 0 spiro atoms. The van der Waals surface area contributed by atoms with Gasteiger partial charge in [-0.2, -0.15) is 9.61 Å². The maximum absolute atomic E-state index is 6.21. The van der Waals surface area contributed by atoms with Crippen molar-refractivity contribution in [1.82, 2.24) is 24.4 Å². The monoisotopic (exact) mass is 470 g/mol. The highest BCUT2D eigenvalue weighted by Gasteiger charge is 2.21. The van der Waals surface area contributed by atoms with E-state index >= 15 is 0 Å². The molecule has 0 aliphatic carbocycles. The molecule has 0 atom stereocenters. The van der Waals surface area contributed by atoms with Gasteiger partial charge in [-0.05, 0) is 37.4 Å². The molecule has 0 N–H and O–H groups in total. The van der Waals surface area contributed by atoms with Crippen LogP contribution in [0.1, 0.15) is 13.8 Å². The first-order chi connectivity index (χ1) is 17.3. The molecule has 0 unspecified atom stereocenters. The Bertz CT molecular complexity index is 1230. The third-order valence-electron chi connectivity index (χ3n) is 6.85. The van der Waals surface area contributed by atoms with Crippen molar-refractivity contribution in [3.05, 3.63) is 73.1 Å². The lowest BCUT2D eigenvalue weighted by Gasteiger charge is -2.36. The van der Waals surface area contributed by atoms with Gasteiger partial charge in [-0.15, -0.1) is 0 Å². The number of para-hydroxylation sites is 2. The van der Waals surface area contributed by atoms with Gasteiger partial charge in [0.1, 0.15) is 17.3 Å². The highest BCUT2D eigenvalue weighted by atomic mass is 16.5. The molecule has 7 nitrogen and oxygen atoms in total. The summed E-state index contributed by atoms with van der Waals surface area (Å²) in [5.74, 6) is 2.69. The lowest BCUT2D eigenvalue weighted by Crippen LogP contribution is -2.49. The summed E-state index contributed by atoms with van der Waals surface area (Å²) in [6, 6.07) is 20.0. The Morgan fingerprint density at radius 1 is 0.857 bits per heavy atom. The SMILES string of the molecule is CCN(CC)CCN1CCN(c2ccnc3c(-c4ccccc4Oc4ccccc4)cnn23)CC1. The normalized spacial score (nSPS) is 14.7. The number of rotatable bonds is 9. The molecule has 2 aromatic heterocycles. The quantitative estimate of drug-likeness (QED) is 0.355. The van der Waals surface area contributed by atoms with Gasteiger partial charge < -0.3 is 14.5 Å². The number of nitrogens with zero attached hydrogens (tertiary/aromatic N) is 6. The highest BCUT2D eigenvalue weighted by molar-refractivity contribution is 5.82. The zero-order valence-electron chi connectivity index (χ0n) is 20.7. The minimum atomic E-state index is 0.794. The van der Waals surface area contributed by atoms with E-state index in [-0.39, 0.29) is 0 Å². The van der Waals surface area contributed by atoms with Crippen LogP contribution in [0.25, 0.3) is 16.8 Å². The summed E-state index contributed by atoms with van der Waals surface area (Å²) in [5, 5.41) is 4.76. The molecule has 1 saturated heterocycles. The van der Waals surface area contributed by atoms with Crippen LogP contribution in [0, 0.1) is 0 Å². The number of benzene rings is 2. The number of hydrogen-bond acceptors (Lipinski definition) is 6. The second kappa shape index (κ2) is 10.9. The molecule has 182 valence electrons. The summed E-state index contributed by atoms with van der Waals surface area (Å²) >= 11 is 0. The summed E-state index contributed by atoms with van der Waals surface area (Å²) in [6.07, 6.45) is 3.79. The highest BCUT2D eigenvalue weighted by Crippen LogP contribution is 2.35. The summed E-state index contributed by atoms with van der Waals surface area (Å²) in [4.78, 5) is 12.2. The average molecular weight is 471 g/mol. The molecule has 0 bridgehead atoms. The van der Waals surface area contributed by atoms with Crippen LogP contribution in [0.4, 0.5) is 5.82 Å². The Hall–Kier alpha value is -3.42. The van der Waals surface area contributed by atoms with Gasteiger partial charge in [-0.25, -0.2) is 4.98 Å². The summed E-state index contributed by atoms with van der Waals surface area (Å²) in [6.45, 7) is 13.1. The van der Waals surface area contributed by atoms with Crippen molar-refractivity contribution in [3.8, 4) is 22.6 Å². The Morgan fingerprint density at radius 2 is 1.60 bits per heavy atom. The molecular weight excluding hydrogens is 436 g/mol. The van der Waals surface area contributed by atoms with E-state index in [0.29, 0.717) is 0 Å². The van der Waals surface area contributed by atoms with E-state index in [4.69, 9.17) is 14.8 Å². The molecule has 1 aliphatic rings. The molecule has 1 aliphatic heterocycles. The first kappa shape index (κ1) is 23.3. The number of aromatic nitrogens is 3. The van der Waals surface area contributed by atoms with Gasteiger partial charge in [0.2, 0.25) is 0 Å². The van der Waals surface area contributed by atoms with Crippen LogP contribution in [-0.4, -0.2) is 76.8 Å². The fraction of sp³-hybridized carbons (Fsp3) is 0.357. The zero-order valence-corrected chi connectivity index (χ0v) is 20.7.